The third-order valence-electron chi connectivity index (χ3n) is 5.11. The molecule has 0 aliphatic carbocycles. The van der Waals surface area contributed by atoms with Crippen molar-refractivity contribution in [2.24, 2.45) is 0 Å². The van der Waals surface area contributed by atoms with Gasteiger partial charge in [-0.15, -0.1) is 0 Å². The highest BCUT2D eigenvalue weighted by Gasteiger charge is 2.42. The van der Waals surface area contributed by atoms with E-state index in [0.717, 1.165) is 12.1 Å². The minimum Gasteiger partial charge on any atom is -0.496 e. The van der Waals surface area contributed by atoms with E-state index >= 15 is 0 Å². The zero-order valence-electron chi connectivity index (χ0n) is 18.8. The summed E-state index contributed by atoms with van der Waals surface area (Å²) < 4.78 is 39.1. The van der Waals surface area contributed by atoms with Crippen molar-refractivity contribution in [3.8, 4) is 11.5 Å². The van der Waals surface area contributed by atoms with E-state index in [0.29, 0.717) is 33.7 Å². The third-order valence-corrected chi connectivity index (χ3v) is 5.11. The first-order valence-electron chi connectivity index (χ1n) is 10.6. The van der Waals surface area contributed by atoms with Crippen molar-refractivity contribution in [3.63, 3.8) is 0 Å². The van der Waals surface area contributed by atoms with Crippen molar-refractivity contribution in [3.05, 3.63) is 89.6 Å². The predicted octanol–water partition coefficient (Wildman–Crippen LogP) is 5.16. The quantitative estimate of drug-likeness (QED) is 0.490. The van der Waals surface area contributed by atoms with Crippen LogP contribution in [0.3, 0.4) is 0 Å². The summed E-state index contributed by atoms with van der Waals surface area (Å²) >= 11 is 0. The Morgan fingerprint density at radius 3 is 2.26 bits per heavy atom. The van der Waals surface area contributed by atoms with Crippen LogP contribution in [-0.2, 0) is 9.59 Å². The molecule has 3 aromatic carbocycles. The number of imide groups is 1. The number of amides is 2. The molecule has 1 N–H and O–H groups in total. The molecule has 0 spiro atoms. The first-order valence-corrected chi connectivity index (χ1v) is 10.6. The fourth-order valence-electron chi connectivity index (χ4n) is 3.66. The van der Waals surface area contributed by atoms with Gasteiger partial charge in [0.1, 0.15) is 28.8 Å². The smallest absolute Gasteiger partial charge is 0.282 e. The number of halogens is 2. The van der Waals surface area contributed by atoms with Gasteiger partial charge in [-0.05, 0) is 56.3 Å². The highest BCUT2D eigenvalue weighted by atomic mass is 19.1. The summed E-state index contributed by atoms with van der Waals surface area (Å²) in [5, 5.41) is 2.99. The van der Waals surface area contributed by atoms with Crippen LogP contribution < -0.4 is 19.7 Å². The number of hydrogen-bond donors (Lipinski definition) is 1. The Morgan fingerprint density at radius 2 is 1.62 bits per heavy atom. The van der Waals surface area contributed by atoms with E-state index in [1.165, 1.54) is 7.11 Å². The molecular weight excluding hydrogens is 442 g/mol. The average Bonchev–Trinajstić information content (AvgIpc) is 3.04. The zero-order chi connectivity index (χ0) is 24.4. The van der Waals surface area contributed by atoms with E-state index in [1.54, 1.807) is 48.5 Å². The van der Waals surface area contributed by atoms with Crippen LogP contribution in [-0.4, -0.2) is 25.0 Å². The molecule has 0 saturated carbocycles. The topological polar surface area (TPSA) is 67.9 Å². The van der Waals surface area contributed by atoms with Gasteiger partial charge in [0.2, 0.25) is 0 Å². The molecular formula is C26H22F2N2O4. The van der Waals surface area contributed by atoms with Crippen molar-refractivity contribution < 1.29 is 27.8 Å². The van der Waals surface area contributed by atoms with Gasteiger partial charge in [-0.3, -0.25) is 9.59 Å². The van der Waals surface area contributed by atoms with Crippen LogP contribution in [0.5, 0.6) is 11.5 Å². The lowest BCUT2D eigenvalue weighted by atomic mass is 10.0. The summed E-state index contributed by atoms with van der Waals surface area (Å²) in [6.07, 6.45) is -0.00754. The number of methoxy groups -OCH3 is 1. The maximum atomic E-state index is 14.6. The molecule has 2 amide bonds. The SMILES string of the molecule is COc1ccccc1C1=C(Nc2ccc(OC(C)C)cc2)C(=O)N(c2ccc(F)cc2F)C1=O. The van der Waals surface area contributed by atoms with Gasteiger partial charge < -0.3 is 14.8 Å². The van der Waals surface area contributed by atoms with Crippen molar-refractivity contribution in [1.82, 2.24) is 0 Å². The number of carbonyl (C=O) groups excluding carboxylic acids is 2. The Labute approximate surface area is 195 Å². The molecule has 174 valence electrons. The number of para-hydroxylation sites is 1. The summed E-state index contributed by atoms with van der Waals surface area (Å²) in [6, 6.07) is 16.2. The maximum absolute atomic E-state index is 14.6. The normalized spacial score (nSPS) is 13.6. The van der Waals surface area contributed by atoms with E-state index < -0.39 is 23.4 Å². The van der Waals surface area contributed by atoms with Crippen molar-refractivity contribution in [2.45, 2.75) is 20.0 Å². The number of rotatable bonds is 7. The molecule has 0 saturated heterocycles. The molecule has 0 unspecified atom stereocenters. The lowest BCUT2D eigenvalue weighted by molar-refractivity contribution is -0.120. The molecule has 0 fully saturated rings. The van der Waals surface area contributed by atoms with Gasteiger partial charge in [0.05, 0.1) is 24.5 Å². The largest absolute Gasteiger partial charge is 0.496 e. The fourth-order valence-corrected chi connectivity index (χ4v) is 3.66. The molecule has 0 bridgehead atoms. The first kappa shape index (κ1) is 23.0. The lowest BCUT2D eigenvalue weighted by Gasteiger charge is -2.16. The number of hydrogen-bond acceptors (Lipinski definition) is 5. The Morgan fingerprint density at radius 1 is 0.912 bits per heavy atom. The molecule has 34 heavy (non-hydrogen) atoms. The number of ether oxygens (including phenoxy) is 2. The highest BCUT2D eigenvalue weighted by Crippen LogP contribution is 2.38. The summed E-state index contributed by atoms with van der Waals surface area (Å²) in [6.45, 7) is 3.81. The second-order valence-corrected chi connectivity index (χ2v) is 7.81. The van der Waals surface area contributed by atoms with Gasteiger partial charge in [0.15, 0.2) is 0 Å². The van der Waals surface area contributed by atoms with E-state index in [9.17, 15) is 18.4 Å². The monoisotopic (exact) mass is 464 g/mol. The van der Waals surface area contributed by atoms with Crippen LogP contribution in [0, 0.1) is 11.6 Å². The van der Waals surface area contributed by atoms with Crippen LogP contribution in [0.1, 0.15) is 19.4 Å². The Balaban J connectivity index is 1.80. The molecule has 8 heteroatoms. The average molecular weight is 464 g/mol. The Bertz CT molecular complexity index is 1290. The molecule has 1 heterocycles. The van der Waals surface area contributed by atoms with Crippen molar-refractivity contribution >= 4 is 28.8 Å². The number of benzene rings is 3. The Kier molecular flexibility index (Phi) is 6.32. The van der Waals surface area contributed by atoms with Crippen molar-refractivity contribution in [1.29, 1.82) is 0 Å². The molecule has 0 aromatic heterocycles. The van der Waals surface area contributed by atoms with Crippen LogP contribution >= 0.6 is 0 Å². The minimum absolute atomic E-state index is 0.00754. The first-order chi connectivity index (χ1) is 16.3. The van der Waals surface area contributed by atoms with E-state index in [2.05, 4.69) is 5.32 Å². The number of nitrogens with one attached hydrogen (secondary N) is 1. The number of anilines is 2. The summed E-state index contributed by atoms with van der Waals surface area (Å²) in [5.41, 5.74) is 0.474. The van der Waals surface area contributed by atoms with Gasteiger partial charge in [-0.25, -0.2) is 13.7 Å². The lowest BCUT2D eigenvalue weighted by Crippen LogP contribution is -2.33. The van der Waals surface area contributed by atoms with Gasteiger partial charge in [0.25, 0.3) is 11.8 Å². The van der Waals surface area contributed by atoms with Crippen LogP contribution in [0.2, 0.25) is 0 Å². The second kappa shape index (κ2) is 9.35. The summed E-state index contributed by atoms with van der Waals surface area (Å²) in [7, 11) is 1.44. The third kappa shape index (κ3) is 4.34. The van der Waals surface area contributed by atoms with Gasteiger partial charge in [-0.2, -0.15) is 0 Å². The summed E-state index contributed by atoms with van der Waals surface area (Å²) in [5.74, 6) is -2.39. The van der Waals surface area contributed by atoms with Crippen LogP contribution in [0.4, 0.5) is 20.2 Å². The fraction of sp³-hybridized carbons (Fsp3) is 0.154. The highest BCUT2D eigenvalue weighted by molar-refractivity contribution is 6.46. The summed E-state index contributed by atoms with van der Waals surface area (Å²) in [4.78, 5) is 27.6. The second-order valence-electron chi connectivity index (χ2n) is 7.81. The van der Waals surface area contributed by atoms with Gasteiger partial charge in [-0.1, -0.05) is 18.2 Å². The molecule has 0 atom stereocenters. The van der Waals surface area contributed by atoms with Gasteiger partial charge >= 0.3 is 0 Å². The molecule has 1 aliphatic rings. The zero-order valence-corrected chi connectivity index (χ0v) is 18.8. The van der Waals surface area contributed by atoms with E-state index in [1.807, 2.05) is 13.8 Å². The maximum Gasteiger partial charge on any atom is 0.282 e. The molecule has 3 aromatic rings. The van der Waals surface area contributed by atoms with E-state index in [4.69, 9.17) is 9.47 Å². The predicted molar refractivity (Wildman–Crippen MR) is 125 cm³/mol. The minimum atomic E-state index is -1.03. The Hall–Kier alpha value is -4.20. The van der Waals surface area contributed by atoms with Crippen LogP contribution in [0.25, 0.3) is 5.57 Å². The number of carbonyl (C=O) groups is 2. The van der Waals surface area contributed by atoms with E-state index in [-0.39, 0.29) is 23.1 Å². The molecule has 4 rings (SSSR count). The molecule has 1 aliphatic heterocycles. The van der Waals surface area contributed by atoms with Crippen molar-refractivity contribution in [2.75, 3.05) is 17.3 Å². The standard InChI is InChI=1S/C26H22F2N2O4/c1-15(2)34-18-11-9-17(10-12-18)29-24-23(19-6-4-5-7-22(19)33-3)25(31)30(26(24)32)21-13-8-16(27)14-20(21)28/h4-15,29H,1-3H3. The van der Waals surface area contributed by atoms with Gasteiger partial charge in [0, 0.05) is 17.3 Å². The molecule has 6 nitrogen and oxygen atoms in total. The van der Waals surface area contributed by atoms with Crippen LogP contribution in [0.15, 0.2) is 72.4 Å². The molecule has 0 radical (unpaired) electrons. The number of nitrogens with zero attached hydrogens (tertiary/aromatic N) is 1.